The normalized spacial score (nSPS) is 11.7. The third-order valence-corrected chi connectivity index (χ3v) is 10.6. The van der Waals surface area contributed by atoms with E-state index in [1.165, 1.54) is 18.2 Å². The Morgan fingerprint density at radius 2 is 1.49 bits per heavy atom. The molecule has 7 nitrogen and oxygen atoms in total. The molecule has 0 saturated carbocycles. The van der Waals surface area contributed by atoms with Gasteiger partial charge in [0.1, 0.15) is 5.75 Å². The lowest BCUT2D eigenvalue weighted by Crippen LogP contribution is -2.27. The van der Waals surface area contributed by atoms with Crippen molar-refractivity contribution >= 4 is 50.1 Å². The summed E-state index contributed by atoms with van der Waals surface area (Å²) >= 11 is 12.9. The van der Waals surface area contributed by atoms with Crippen LogP contribution in [0.3, 0.4) is 0 Å². The fourth-order valence-electron chi connectivity index (χ4n) is 6.11. The van der Waals surface area contributed by atoms with E-state index in [0.29, 0.717) is 35.2 Å². The molecule has 0 aliphatic rings. The third kappa shape index (κ3) is 7.68. The van der Waals surface area contributed by atoms with Gasteiger partial charge in [0.25, 0.3) is 0 Å². The molecule has 0 fully saturated rings. The molecule has 5 aromatic carbocycles. The third-order valence-electron chi connectivity index (χ3n) is 8.50. The highest BCUT2D eigenvalue weighted by molar-refractivity contribution is 7.89. The lowest BCUT2D eigenvalue weighted by molar-refractivity contribution is 0.0697. The monoisotopic (exact) mass is 712 g/mol. The summed E-state index contributed by atoms with van der Waals surface area (Å²) in [6.45, 7) is 2.24. The van der Waals surface area contributed by atoms with Crippen LogP contribution in [0.25, 0.3) is 10.9 Å². The van der Waals surface area contributed by atoms with Gasteiger partial charge in [-0.2, -0.15) is 0 Å². The van der Waals surface area contributed by atoms with Gasteiger partial charge >= 0.3 is 5.97 Å². The van der Waals surface area contributed by atoms with Crippen molar-refractivity contribution in [1.29, 1.82) is 0 Å². The van der Waals surface area contributed by atoms with Crippen molar-refractivity contribution in [2.75, 3.05) is 13.2 Å². The van der Waals surface area contributed by atoms with Crippen molar-refractivity contribution in [2.45, 2.75) is 30.7 Å². The summed E-state index contributed by atoms with van der Waals surface area (Å²) in [6, 6.07) is 37.0. The Balaban J connectivity index is 1.43. The van der Waals surface area contributed by atoms with E-state index >= 15 is 0 Å². The van der Waals surface area contributed by atoms with Crippen molar-refractivity contribution in [1.82, 2.24) is 9.29 Å². The molecule has 0 bridgehead atoms. The zero-order chi connectivity index (χ0) is 34.5. The van der Waals surface area contributed by atoms with Crippen LogP contribution >= 0.6 is 23.2 Å². The van der Waals surface area contributed by atoms with Gasteiger partial charge in [-0.15, -0.1) is 0 Å². The number of aromatic nitrogens is 1. The molecular weight excluding hydrogens is 679 g/mol. The summed E-state index contributed by atoms with van der Waals surface area (Å²) < 4.78 is 38.0. The van der Waals surface area contributed by atoms with Crippen LogP contribution in [0, 0.1) is 6.92 Å². The SMILES string of the molecule is Cc1ccc(S(=O)(=O)NCCc2c(CCOc3ccc(C(=O)O)cc3)c3cc(Cl)ccc3n2C(c2ccccc2)c2ccccc2)cc1Cl. The van der Waals surface area contributed by atoms with E-state index in [1.54, 1.807) is 24.3 Å². The highest BCUT2D eigenvalue weighted by atomic mass is 35.5. The first-order valence-electron chi connectivity index (χ1n) is 15.8. The predicted octanol–water partition coefficient (Wildman–Crippen LogP) is 8.73. The van der Waals surface area contributed by atoms with Crippen LogP contribution < -0.4 is 9.46 Å². The molecule has 0 radical (unpaired) electrons. The molecule has 0 saturated heterocycles. The molecule has 0 amide bonds. The molecule has 49 heavy (non-hydrogen) atoms. The molecule has 6 rings (SSSR count). The first-order valence-corrected chi connectivity index (χ1v) is 18.0. The number of fused-ring (bicyclic) bond motifs is 1. The molecule has 2 N–H and O–H groups in total. The number of aryl methyl sites for hydroxylation is 1. The minimum Gasteiger partial charge on any atom is -0.493 e. The Labute approximate surface area is 295 Å². The highest BCUT2D eigenvalue weighted by Gasteiger charge is 2.26. The maximum Gasteiger partial charge on any atom is 0.335 e. The Morgan fingerprint density at radius 1 is 0.837 bits per heavy atom. The van der Waals surface area contributed by atoms with E-state index in [-0.39, 0.29) is 23.0 Å². The topological polar surface area (TPSA) is 97.6 Å². The van der Waals surface area contributed by atoms with Gasteiger partial charge in [-0.25, -0.2) is 17.9 Å². The molecule has 0 unspecified atom stereocenters. The number of carboxylic acid groups (broad SMARTS) is 1. The van der Waals surface area contributed by atoms with Crippen molar-refractivity contribution < 1.29 is 23.1 Å². The number of hydrogen-bond acceptors (Lipinski definition) is 4. The lowest BCUT2D eigenvalue weighted by atomic mass is 9.97. The smallest absolute Gasteiger partial charge is 0.335 e. The summed E-state index contributed by atoms with van der Waals surface area (Å²) in [6.07, 6.45) is 0.848. The van der Waals surface area contributed by atoms with Crippen LogP contribution in [0.15, 0.2) is 126 Å². The summed E-state index contributed by atoms with van der Waals surface area (Å²) in [5.74, 6) is -0.461. The van der Waals surface area contributed by atoms with E-state index in [2.05, 4.69) is 33.6 Å². The van der Waals surface area contributed by atoms with Crippen LogP contribution in [0.5, 0.6) is 5.75 Å². The van der Waals surface area contributed by atoms with Crippen molar-refractivity contribution in [3.05, 3.63) is 165 Å². The fraction of sp³-hybridized carbons (Fsp3) is 0.154. The molecule has 1 aromatic heterocycles. The largest absolute Gasteiger partial charge is 0.493 e. The van der Waals surface area contributed by atoms with Crippen molar-refractivity contribution in [3.8, 4) is 5.75 Å². The molecule has 250 valence electrons. The van der Waals surface area contributed by atoms with E-state index in [4.69, 9.17) is 27.9 Å². The van der Waals surface area contributed by atoms with Gasteiger partial charge < -0.3 is 14.4 Å². The quantitative estimate of drug-likeness (QED) is 0.125. The van der Waals surface area contributed by atoms with Gasteiger partial charge in [0, 0.05) is 46.0 Å². The van der Waals surface area contributed by atoms with E-state index in [9.17, 15) is 18.3 Å². The number of benzene rings is 5. The average Bonchev–Trinajstić information content (AvgIpc) is 3.38. The second kappa shape index (κ2) is 14.9. The highest BCUT2D eigenvalue weighted by Crippen LogP contribution is 2.38. The molecule has 0 spiro atoms. The van der Waals surface area contributed by atoms with Crippen LogP contribution in [0.4, 0.5) is 0 Å². The molecule has 6 aromatic rings. The van der Waals surface area contributed by atoms with Gasteiger partial charge in [0.15, 0.2) is 0 Å². The maximum atomic E-state index is 13.4. The van der Waals surface area contributed by atoms with E-state index in [0.717, 1.165) is 38.9 Å². The first-order chi connectivity index (χ1) is 23.6. The number of rotatable bonds is 13. The first kappa shape index (κ1) is 34.3. The Morgan fingerprint density at radius 3 is 2.10 bits per heavy atom. The molecule has 0 atom stereocenters. The molecule has 10 heteroatoms. The average molecular weight is 714 g/mol. The molecular formula is C39H34Cl2N2O5S. The lowest BCUT2D eigenvalue weighted by Gasteiger charge is -2.25. The molecule has 1 heterocycles. The second-order valence-corrected chi connectivity index (χ2v) is 14.3. The van der Waals surface area contributed by atoms with E-state index in [1.807, 2.05) is 61.5 Å². The predicted molar refractivity (Wildman–Crippen MR) is 195 cm³/mol. The van der Waals surface area contributed by atoms with Gasteiger partial charge in [0.2, 0.25) is 10.0 Å². The van der Waals surface area contributed by atoms with Gasteiger partial charge in [-0.05, 0) is 83.8 Å². The molecule has 0 aliphatic heterocycles. The summed E-state index contributed by atoms with van der Waals surface area (Å²) in [4.78, 5) is 11.4. The van der Waals surface area contributed by atoms with Gasteiger partial charge in [0.05, 0.1) is 23.1 Å². The minimum atomic E-state index is -3.85. The van der Waals surface area contributed by atoms with Crippen molar-refractivity contribution in [2.24, 2.45) is 0 Å². The Kier molecular flexibility index (Phi) is 10.4. The minimum absolute atomic E-state index is 0.101. The number of hydrogen-bond donors (Lipinski definition) is 2. The van der Waals surface area contributed by atoms with Crippen molar-refractivity contribution in [3.63, 3.8) is 0 Å². The number of sulfonamides is 1. The van der Waals surface area contributed by atoms with Gasteiger partial charge in [-0.3, -0.25) is 0 Å². The summed E-state index contributed by atoms with van der Waals surface area (Å²) in [5.41, 5.74) is 5.97. The zero-order valence-corrected chi connectivity index (χ0v) is 29.0. The standard InChI is InChI=1S/C39H34Cl2N2O5S/c1-26-12-18-32(25-35(26)41)49(46,47)42-22-20-37-33(21-23-48-31-16-13-29(14-17-31)39(44)45)34-24-30(40)15-19-36(34)43(37)38(27-8-4-2-5-9-27)28-10-6-3-7-11-28/h2-19,24-25,38,42H,20-23H2,1H3,(H,44,45). The zero-order valence-electron chi connectivity index (χ0n) is 26.6. The second-order valence-electron chi connectivity index (χ2n) is 11.7. The number of nitrogens with one attached hydrogen (secondary N) is 1. The number of halogens is 2. The molecule has 0 aliphatic carbocycles. The number of ether oxygens (including phenoxy) is 1. The fourth-order valence-corrected chi connectivity index (χ4v) is 7.58. The summed E-state index contributed by atoms with van der Waals surface area (Å²) in [7, 11) is -3.85. The van der Waals surface area contributed by atoms with Crippen LogP contribution in [-0.2, 0) is 22.9 Å². The van der Waals surface area contributed by atoms with Crippen LogP contribution in [0.1, 0.15) is 44.3 Å². The Bertz CT molecular complexity index is 2160. The van der Waals surface area contributed by atoms with E-state index < -0.39 is 16.0 Å². The number of aromatic carboxylic acids is 1. The summed E-state index contributed by atoms with van der Waals surface area (Å²) in [5, 5.41) is 11.2. The van der Waals surface area contributed by atoms with Gasteiger partial charge in [-0.1, -0.05) is 89.9 Å². The van der Waals surface area contributed by atoms with Crippen LogP contribution in [0.2, 0.25) is 10.0 Å². The van der Waals surface area contributed by atoms with Crippen LogP contribution in [-0.4, -0.2) is 37.2 Å². The number of carboxylic acids is 1. The maximum absolute atomic E-state index is 13.4. The Hall–Kier alpha value is -4.60. The number of nitrogens with zero attached hydrogens (tertiary/aromatic N) is 1. The number of carbonyl (C=O) groups is 1.